The molecule has 2 rings (SSSR count). The molecule has 34 heavy (non-hydrogen) atoms. The molecule has 2 aromatic carbocycles. The summed E-state index contributed by atoms with van der Waals surface area (Å²) in [5.41, 5.74) is 3.05. The van der Waals surface area contributed by atoms with E-state index in [9.17, 15) is 10.4 Å². The van der Waals surface area contributed by atoms with Crippen LogP contribution in [0.25, 0.3) is 0 Å². The van der Waals surface area contributed by atoms with E-state index in [1.807, 2.05) is 48.5 Å². The second-order valence-electron chi connectivity index (χ2n) is 8.46. The summed E-state index contributed by atoms with van der Waals surface area (Å²) in [6, 6.07) is 15.4. The van der Waals surface area contributed by atoms with Crippen LogP contribution in [0.15, 0.2) is 58.8 Å². The molecular weight excluding hydrogens is 428 g/mol. The predicted octanol–water partition coefficient (Wildman–Crippen LogP) is 7.44. The molecule has 0 fully saturated rings. The maximum Gasteiger partial charge on any atom is 0.119 e. The van der Waals surface area contributed by atoms with Crippen LogP contribution in [0.5, 0.6) is 11.5 Å². The third-order valence-corrected chi connectivity index (χ3v) is 5.73. The highest BCUT2D eigenvalue weighted by Crippen LogP contribution is 2.18. The van der Waals surface area contributed by atoms with Crippen molar-refractivity contribution in [3.05, 3.63) is 59.7 Å². The summed E-state index contributed by atoms with van der Waals surface area (Å²) in [5.74, 6) is 1.66. The lowest BCUT2D eigenvalue weighted by molar-refractivity contribution is 0.306. The van der Waals surface area contributed by atoms with Gasteiger partial charge in [0.05, 0.1) is 24.6 Å². The van der Waals surface area contributed by atoms with Gasteiger partial charge >= 0.3 is 0 Å². The molecule has 0 radical (unpaired) electrons. The molecule has 0 aliphatic carbocycles. The summed E-state index contributed by atoms with van der Waals surface area (Å²) in [5, 5.41) is 26.0. The number of nitrogens with zero attached hydrogens (tertiary/aromatic N) is 2. The number of ether oxygens (including phenoxy) is 2. The third-order valence-electron chi connectivity index (χ3n) is 5.73. The van der Waals surface area contributed by atoms with Gasteiger partial charge in [0.2, 0.25) is 0 Å². The van der Waals surface area contributed by atoms with Crippen molar-refractivity contribution < 1.29 is 19.9 Å². The molecule has 6 nitrogen and oxygen atoms in total. The van der Waals surface area contributed by atoms with Crippen LogP contribution >= 0.6 is 0 Å². The lowest BCUT2D eigenvalue weighted by atomic mass is 10.0. The van der Waals surface area contributed by atoms with E-state index in [4.69, 9.17) is 9.47 Å². The maximum absolute atomic E-state index is 9.48. The Bertz CT molecular complexity index is 787. The second kappa shape index (κ2) is 16.6. The highest BCUT2D eigenvalue weighted by Gasteiger charge is 2.08. The zero-order chi connectivity index (χ0) is 24.4. The Labute approximate surface area is 204 Å². The van der Waals surface area contributed by atoms with Gasteiger partial charge in [-0.05, 0) is 98.2 Å². The van der Waals surface area contributed by atoms with Gasteiger partial charge in [0.15, 0.2) is 0 Å². The largest absolute Gasteiger partial charge is 0.494 e. The van der Waals surface area contributed by atoms with Crippen molar-refractivity contribution in [3.8, 4) is 11.5 Å². The summed E-state index contributed by atoms with van der Waals surface area (Å²) in [6.45, 7) is 5.78. The highest BCUT2D eigenvalue weighted by molar-refractivity contribution is 6.01. The molecule has 186 valence electrons. The summed E-state index contributed by atoms with van der Waals surface area (Å²) in [4.78, 5) is 0. The van der Waals surface area contributed by atoms with Crippen molar-refractivity contribution in [1.82, 2.24) is 0 Å². The smallest absolute Gasteiger partial charge is 0.119 e. The van der Waals surface area contributed by atoms with Crippen molar-refractivity contribution in [1.29, 1.82) is 0 Å². The van der Waals surface area contributed by atoms with Gasteiger partial charge < -0.3 is 19.9 Å². The molecule has 0 saturated heterocycles. The molecule has 2 N–H and O–H groups in total. The fraction of sp³-hybridized carbons (Fsp3) is 0.500. The molecule has 6 heteroatoms. The zero-order valence-electron chi connectivity index (χ0n) is 20.7. The first-order valence-electron chi connectivity index (χ1n) is 12.6. The van der Waals surface area contributed by atoms with Crippen LogP contribution in [0, 0.1) is 0 Å². The van der Waals surface area contributed by atoms with Crippen LogP contribution in [0.3, 0.4) is 0 Å². The molecule has 2 aromatic rings. The van der Waals surface area contributed by atoms with Crippen LogP contribution in [-0.2, 0) is 0 Å². The number of unbranched alkanes of at least 4 members (excludes halogenated alkanes) is 5. The maximum atomic E-state index is 9.48. The van der Waals surface area contributed by atoms with Crippen LogP contribution < -0.4 is 9.47 Å². The van der Waals surface area contributed by atoms with Crippen LogP contribution in [0.2, 0.25) is 0 Å². The first kappa shape index (κ1) is 27.2. The van der Waals surface area contributed by atoms with Gasteiger partial charge in [0.1, 0.15) is 11.5 Å². The number of hydrogen-bond donors (Lipinski definition) is 2. The van der Waals surface area contributed by atoms with Crippen LogP contribution in [0.4, 0.5) is 0 Å². The van der Waals surface area contributed by atoms with E-state index in [0.717, 1.165) is 61.5 Å². The van der Waals surface area contributed by atoms with Gasteiger partial charge in [-0.3, -0.25) is 0 Å². The molecule has 0 heterocycles. The van der Waals surface area contributed by atoms with Crippen molar-refractivity contribution in [2.45, 2.75) is 78.1 Å². The number of hydrogen-bond acceptors (Lipinski definition) is 6. The molecule has 0 atom stereocenters. The van der Waals surface area contributed by atoms with Gasteiger partial charge in [0.25, 0.3) is 0 Å². The summed E-state index contributed by atoms with van der Waals surface area (Å²) < 4.78 is 11.5. The summed E-state index contributed by atoms with van der Waals surface area (Å²) in [6.07, 6.45) is 9.68. The minimum absolute atomic E-state index is 0.635. The monoisotopic (exact) mass is 468 g/mol. The molecule has 0 unspecified atom stereocenters. The predicted molar refractivity (Wildman–Crippen MR) is 138 cm³/mol. The van der Waals surface area contributed by atoms with E-state index in [1.165, 1.54) is 25.7 Å². The molecule has 0 aromatic heterocycles. The number of benzene rings is 2. The lowest BCUT2D eigenvalue weighted by Gasteiger charge is -2.09. The Hall–Kier alpha value is -3.02. The topological polar surface area (TPSA) is 83.6 Å². The second-order valence-corrected chi connectivity index (χ2v) is 8.46. The highest BCUT2D eigenvalue weighted by atomic mass is 16.5. The fourth-order valence-corrected chi connectivity index (χ4v) is 3.66. The fourth-order valence-electron chi connectivity index (χ4n) is 3.66. The Morgan fingerprint density at radius 2 is 0.971 bits per heavy atom. The minimum atomic E-state index is 0.635. The van der Waals surface area contributed by atoms with Gasteiger partial charge in [0, 0.05) is 0 Å². The van der Waals surface area contributed by atoms with Gasteiger partial charge in [-0.15, -0.1) is 0 Å². The van der Waals surface area contributed by atoms with E-state index in [2.05, 4.69) is 24.2 Å². The Kier molecular flexibility index (Phi) is 13.3. The molecular formula is C28H40N2O4. The minimum Gasteiger partial charge on any atom is -0.494 e. The molecule has 0 amide bonds. The molecule has 0 saturated carbocycles. The Balaban J connectivity index is 1.77. The van der Waals surface area contributed by atoms with Crippen molar-refractivity contribution in [3.63, 3.8) is 0 Å². The number of rotatable bonds is 17. The molecule has 0 spiro atoms. The molecule has 0 bridgehead atoms. The van der Waals surface area contributed by atoms with Gasteiger partial charge in [-0.2, -0.15) is 0 Å². The van der Waals surface area contributed by atoms with Crippen LogP contribution in [-0.4, -0.2) is 35.1 Å². The summed E-state index contributed by atoms with van der Waals surface area (Å²) in [7, 11) is 0. The van der Waals surface area contributed by atoms with E-state index in [0.29, 0.717) is 24.3 Å². The average Bonchev–Trinajstić information content (AvgIpc) is 2.88. The Morgan fingerprint density at radius 3 is 1.29 bits per heavy atom. The third kappa shape index (κ3) is 9.86. The van der Waals surface area contributed by atoms with E-state index < -0.39 is 0 Å². The van der Waals surface area contributed by atoms with Gasteiger partial charge in [-0.1, -0.05) is 49.8 Å². The first-order chi connectivity index (χ1) is 16.7. The number of oxime groups is 2. The van der Waals surface area contributed by atoms with E-state index in [1.54, 1.807) is 0 Å². The quantitative estimate of drug-likeness (QED) is 0.109. The van der Waals surface area contributed by atoms with Crippen LogP contribution in [0.1, 0.15) is 89.2 Å². The van der Waals surface area contributed by atoms with Crippen molar-refractivity contribution in [2.75, 3.05) is 13.2 Å². The molecule has 0 aliphatic heterocycles. The normalized spacial score (nSPS) is 12.1. The Morgan fingerprint density at radius 1 is 0.588 bits per heavy atom. The van der Waals surface area contributed by atoms with Gasteiger partial charge in [-0.25, -0.2) is 0 Å². The first-order valence-corrected chi connectivity index (χ1v) is 12.6. The standard InChI is InChI=1S/C28H40N2O4/c1-3-5-9-21-33-25-17-13-23(14-18-25)27(29-31)11-7-8-12-28(30-32)24-15-19-26(20-16-24)34-22-10-6-4-2/h13-20,31-32H,3-12,21-22H2,1-2H3/b29-27-,30-28-. The lowest BCUT2D eigenvalue weighted by Crippen LogP contribution is -2.05. The SMILES string of the molecule is CCCCCOc1ccc(/C(CCCC/C(=N/O)c2ccc(OCCCCC)cc2)=N\O)cc1. The zero-order valence-corrected chi connectivity index (χ0v) is 20.7. The molecule has 0 aliphatic rings. The van der Waals surface area contributed by atoms with Crippen molar-refractivity contribution in [2.24, 2.45) is 10.3 Å². The van der Waals surface area contributed by atoms with E-state index >= 15 is 0 Å². The average molecular weight is 469 g/mol. The van der Waals surface area contributed by atoms with Crippen molar-refractivity contribution >= 4 is 11.4 Å². The van der Waals surface area contributed by atoms with E-state index in [-0.39, 0.29) is 0 Å². The summed E-state index contributed by atoms with van der Waals surface area (Å²) >= 11 is 0.